The molecule has 0 atom stereocenters. The fraction of sp³-hybridized carbons (Fsp3) is 0.714. The highest BCUT2D eigenvalue weighted by atomic mass is 32.2. The third-order valence-electron chi connectivity index (χ3n) is 1.07. The van der Waals surface area contributed by atoms with Gasteiger partial charge in [0.05, 0.1) is 5.75 Å². The highest BCUT2D eigenvalue weighted by molar-refractivity contribution is 7.94. The van der Waals surface area contributed by atoms with Crippen LogP contribution < -0.4 is 0 Å². The Labute approximate surface area is 62.9 Å². The molecule has 0 fully saturated rings. The predicted molar refractivity (Wildman–Crippen MR) is 43.4 cm³/mol. The molecule has 0 unspecified atom stereocenters. The molecule has 0 amide bonds. The quantitative estimate of drug-likeness (QED) is 0.631. The number of hydrogen-bond acceptors (Lipinski definition) is 2. The highest BCUT2D eigenvalue weighted by Gasteiger charge is 1.99. The summed E-state index contributed by atoms with van der Waals surface area (Å²) in [5.41, 5.74) is 0. The Morgan fingerprint density at radius 2 is 1.90 bits per heavy atom. The zero-order chi connectivity index (χ0) is 8.20. The first kappa shape index (κ1) is 9.69. The van der Waals surface area contributed by atoms with Crippen LogP contribution >= 0.6 is 0 Å². The van der Waals surface area contributed by atoms with E-state index in [1.807, 2.05) is 13.8 Å². The van der Waals surface area contributed by atoms with Gasteiger partial charge in [0.25, 0.3) is 0 Å². The number of allylic oxidation sites excluding steroid dienone is 1. The highest BCUT2D eigenvalue weighted by Crippen LogP contribution is 1.98. The van der Waals surface area contributed by atoms with Crippen molar-refractivity contribution in [3.8, 4) is 0 Å². The van der Waals surface area contributed by atoms with Crippen molar-refractivity contribution in [2.45, 2.75) is 20.8 Å². The molecule has 0 bridgehead atoms. The molecule has 0 spiro atoms. The van der Waals surface area contributed by atoms with Crippen LogP contribution in [0.15, 0.2) is 11.5 Å². The van der Waals surface area contributed by atoms with Crippen LogP contribution in [0.3, 0.4) is 0 Å². The maximum absolute atomic E-state index is 10.8. The van der Waals surface area contributed by atoms with Crippen molar-refractivity contribution < 1.29 is 8.42 Å². The van der Waals surface area contributed by atoms with Crippen LogP contribution in [0, 0.1) is 5.92 Å². The molecule has 0 aromatic heterocycles. The summed E-state index contributed by atoms with van der Waals surface area (Å²) in [6.45, 7) is 5.53. The number of sulfone groups is 1. The molecule has 0 saturated heterocycles. The minimum Gasteiger partial charge on any atom is -0.224 e. The van der Waals surface area contributed by atoms with E-state index < -0.39 is 9.84 Å². The van der Waals surface area contributed by atoms with Gasteiger partial charge in [0.1, 0.15) is 0 Å². The maximum atomic E-state index is 10.8. The van der Waals surface area contributed by atoms with Crippen LogP contribution in [0.5, 0.6) is 0 Å². The lowest BCUT2D eigenvalue weighted by molar-refractivity contribution is 0.605. The lowest BCUT2D eigenvalue weighted by Gasteiger charge is -1.93. The maximum Gasteiger partial charge on any atom is 0.171 e. The second kappa shape index (κ2) is 3.76. The lowest BCUT2D eigenvalue weighted by atomic mass is 10.2. The molecule has 0 aliphatic heterocycles. The molecule has 2 nitrogen and oxygen atoms in total. The minimum atomic E-state index is -2.90. The van der Waals surface area contributed by atoms with Gasteiger partial charge in [0, 0.05) is 5.41 Å². The molecule has 0 aliphatic rings. The molecular weight excluding hydrogens is 148 g/mol. The van der Waals surface area contributed by atoms with Gasteiger partial charge in [-0.2, -0.15) is 0 Å². The molecule has 3 heteroatoms. The normalized spacial score (nSPS) is 13.2. The Morgan fingerprint density at radius 1 is 1.40 bits per heavy atom. The number of hydrogen-bond donors (Lipinski definition) is 0. The fourth-order valence-corrected chi connectivity index (χ4v) is 1.12. The smallest absolute Gasteiger partial charge is 0.171 e. The molecule has 60 valence electrons. The molecule has 0 radical (unpaired) electrons. The van der Waals surface area contributed by atoms with Gasteiger partial charge < -0.3 is 0 Å². The van der Waals surface area contributed by atoms with Crippen molar-refractivity contribution in [3.63, 3.8) is 0 Å². The van der Waals surface area contributed by atoms with E-state index in [1.54, 1.807) is 13.0 Å². The Kier molecular flexibility index (Phi) is 3.64. The third kappa shape index (κ3) is 4.56. The Balaban J connectivity index is 4.15. The predicted octanol–water partition coefficient (Wildman–Crippen LogP) is 1.59. The van der Waals surface area contributed by atoms with Crippen molar-refractivity contribution in [2.24, 2.45) is 5.92 Å². The number of rotatable bonds is 3. The average Bonchev–Trinajstić information content (AvgIpc) is 1.85. The van der Waals surface area contributed by atoms with Gasteiger partial charge >= 0.3 is 0 Å². The summed E-state index contributed by atoms with van der Waals surface area (Å²) in [7, 11) is -2.90. The van der Waals surface area contributed by atoms with E-state index in [0.717, 1.165) is 0 Å². The fourth-order valence-electron chi connectivity index (χ4n) is 0.373. The largest absolute Gasteiger partial charge is 0.224 e. The standard InChI is InChI=1S/C7H14O2S/c1-4-10(8,9)6-5-7(2)3/h5-7H,4H2,1-3H3/b6-5-. The molecule has 0 N–H and O–H groups in total. The lowest BCUT2D eigenvalue weighted by Crippen LogP contribution is -1.97. The molecule has 0 saturated carbocycles. The first-order valence-electron chi connectivity index (χ1n) is 3.39. The summed E-state index contributed by atoms with van der Waals surface area (Å²) in [6, 6.07) is 0. The second-order valence-corrected chi connectivity index (χ2v) is 4.70. The van der Waals surface area contributed by atoms with Crippen LogP contribution in [-0.4, -0.2) is 14.2 Å². The Hall–Kier alpha value is -0.310. The average molecular weight is 162 g/mol. The van der Waals surface area contributed by atoms with Crippen LogP contribution in [0.1, 0.15) is 20.8 Å². The van der Waals surface area contributed by atoms with Crippen molar-refractivity contribution in [2.75, 3.05) is 5.75 Å². The van der Waals surface area contributed by atoms with Crippen LogP contribution in [-0.2, 0) is 9.84 Å². The van der Waals surface area contributed by atoms with Gasteiger partial charge in [-0.25, -0.2) is 8.42 Å². The third-order valence-corrected chi connectivity index (χ3v) is 2.45. The van der Waals surface area contributed by atoms with E-state index in [2.05, 4.69) is 0 Å². The molecule has 10 heavy (non-hydrogen) atoms. The van der Waals surface area contributed by atoms with Gasteiger partial charge in [-0.05, 0) is 5.92 Å². The van der Waals surface area contributed by atoms with Gasteiger partial charge in [-0.3, -0.25) is 0 Å². The minimum absolute atomic E-state index is 0.191. The zero-order valence-electron chi connectivity index (χ0n) is 6.66. The van der Waals surface area contributed by atoms with E-state index >= 15 is 0 Å². The molecule has 0 heterocycles. The summed E-state index contributed by atoms with van der Waals surface area (Å²) >= 11 is 0. The van der Waals surface area contributed by atoms with Gasteiger partial charge in [0.2, 0.25) is 0 Å². The second-order valence-electron chi connectivity index (χ2n) is 2.52. The summed E-state index contributed by atoms with van der Waals surface area (Å²) < 4.78 is 21.6. The zero-order valence-corrected chi connectivity index (χ0v) is 7.48. The topological polar surface area (TPSA) is 34.1 Å². The summed E-state index contributed by atoms with van der Waals surface area (Å²) in [6.07, 6.45) is 1.69. The van der Waals surface area contributed by atoms with E-state index in [-0.39, 0.29) is 5.75 Å². The van der Waals surface area contributed by atoms with Crippen molar-refractivity contribution in [3.05, 3.63) is 11.5 Å². The van der Waals surface area contributed by atoms with Gasteiger partial charge in [-0.15, -0.1) is 0 Å². The molecule has 0 aromatic carbocycles. The van der Waals surface area contributed by atoms with Crippen LogP contribution in [0.4, 0.5) is 0 Å². The summed E-state index contributed by atoms with van der Waals surface area (Å²) in [5.74, 6) is 0.497. The van der Waals surface area contributed by atoms with Crippen LogP contribution in [0.25, 0.3) is 0 Å². The molecular formula is C7H14O2S. The SMILES string of the molecule is CCS(=O)(=O)/C=C\C(C)C. The molecule has 0 aromatic rings. The first-order chi connectivity index (χ1) is 4.48. The molecule has 0 aliphatic carbocycles. The van der Waals surface area contributed by atoms with Gasteiger partial charge in [0.15, 0.2) is 9.84 Å². The Morgan fingerprint density at radius 3 is 2.20 bits per heavy atom. The summed E-state index contributed by atoms with van der Waals surface area (Å²) in [5, 5.41) is 1.29. The first-order valence-corrected chi connectivity index (χ1v) is 5.10. The van der Waals surface area contributed by atoms with Gasteiger partial charge in [-0.1, -0.05) is 26.8 Å². The van der Waals surface area contributed by atoms with Crippen molar-refractivity contribution in [1.82, 2.24) is 0 Å². The van der Waals surface area contributed by atoms with E-state index in [9.17, 15) is 8.42 Å². The van der Waals surface area contributed by atoms with E-state index in [4.69, 9.17) is 0 Å². The van der Waals surface area contributed by atoms with Crippen molar-refractivity contribution >= 4 is 9.84 Å². The van der Waals surface area contributed by atoms with E-state index in [1.165, 1.54) is 5.41 Å². The monoisotopic (exact) mass is 162 g/mol. The Bertz CT molecular complexity index is 200. The molecule has 0 rings (SSSR count). The van der Waals surface area contributed by atoms with Crippen LogP contribution in [0.2, 0.25) is 0 Å². The summed E-state index contributed by atoms with van der Waals surface area (Å²) in [4.78, 5) is 0. The van der Waals surface area contributed by atoms with E-state index in [0.29, 0.717) is 5.92 Å². The van der Waals surface area contributed by atoms with Crippen molar-refractivity contribution in [1.29, 1.82) is 0 Å².